The van der Waals surface area contributed by atoms with Crippen molar-refractivity contribution in [3.8, 4) is 6.07 Å². The van der Waals surface area contributed by atoms with Crippen LogP contribution in [0.2, 0.25) is 0 Å². The Hall–Kier alpha value is -1.80. The van der Waals surface area contributed by atoms with Crippen molar-refractivity contribution in [1.29, 1.82) is 5.26 Å². The van der Waals surface area contributed by atoms with Crippen LogP contribution in [-0.2, 0) is 4.79 Å². The van der Waals surface area contributed by atoms with E-state index in [0.29, 0.717) is 5.92 Å². The maximum absolute atomic E-state index is 11.9. The van der Waals surface area contributed by atoms with E-state index in [4.69, 9.17) is 5.26 Å². The predicted molar refractivity (Wildman–Crippen MR) is 84.5 cm³/mol. The number of likely N-dealkylation sites (tertiary alicyclic amines) is 1. The SMILES string of the molecule is CC(=O)N1CC[C@@H]2[C@H]1c1cc(Br)ccc1N[C@@H]2/C=C/C#N. The van der Waals surface area contributed by atoms with Gasteiger partial charge < -0.3 is 10.2 Å². The summed E-state index contributed by atoms with van der Waals surface area (Å²) in [4.78, 5) is 13.9. The Morgan fingerprint density at radius 1 is 1.57 bits per heavy atom. The fourth-order valence-electron chi connectivity index (χ4n) is 3.48. The second-order valence-corrected chi connectivity index (χ2v) is 6.42. The number of halogens is 1. The van der Waals surface area contributed by atoms with Gasteiger partial charge >= 0.3 is 0 Å². The van der Waals surface area contributed by atoms with E-state index in [0.717, 1.165) is 28.7 Å². The highest BCUT2D eigenvalue weighted by Crippen LogP contribution is 2.47. The first-order valence-corrected chi connectivity index (χ1v) is 7.80. The third-order valence-corrected chi connectivity index (χ3v) is 4.84. The van der Waals surface area contributed by atoms with Crippen LogP contribution < -0.4 is 5.32 Å². The largest absolute Gasteiger partial charge is 0.378 e. The van der Waals surface area contributed by atoms with Gasteiger partial charge in [0.15, 0.2) is 0 Å². The average Bonchev–Trinajstić information content (AvgIpc) is 2.90. The maximum Gasteiger partial charge on any atom is 0.219 e. The molecule has 3 atom stereocenters. The van der Waals surface area contributed by atoms with Gasteiger partial charge in [0.05, 0.1) is 18.2 Å². The zero-order valence-electron chi connectivity index (χ0n) is 11.7. The molecular formula is C16H16BrN3O. The van der Waals surface area contributed by atoms with Crippen molar-refractivity contribution in [3.63, 3.8) is 0 Å². The van der Waals surface area contributed by atoms with Crippen molar-refractivity contribution in [2.24, 2.45) is 5.92 Å². The van der Waals surface area contributed by atoms with Crippen LogP contribution in [0.15, 0.2) is 34.8 Å². The van der Waals surface area contributed by atoms with Crippen LogP contribution in [0.5, 0.6) is 0 Å². The lowest BCUT2D eigenvalue weighted by Crippen LogP contribution is -2.39. The monoisotopic (exact) mass is 345 g/mol. The molecule has 0 bridgehead atoms. The smallest absolute Gasteiger partial charge is 0.219 e. The van der Waals surface area contributed by atoms with Gasteiger partial charge in [-0.3, -0.25) is 4.79 Å². The molecule has 0 aliphatic carbocycles. The van der Waals surface area contributed by atoms with Gasteiger partial charge in [0.2, 0.25) is 5.91 Å². The van der Waals surface area contributed by atoms with Gasteiger partial charge in [-0.25, -0.2) is 0 Å². The van der Waals surface area contributed by atoms with Crippen molar-refractivity contribution < 1.29 is 4.79 Å². The van der Waals surface area contributed by atoms with E-state index >= 15 is 0 Å². The Morgan fingerprint density at radius 3 is 3.10 bits per heavy atom. The number of fused-ring (bicyclic) bond motifs is 3. The molecule has 1 N–H and O–H groups in total. The number of allylic oxidation sites excluding steroid dienone is 1. The molecule has 0 radical (unpaired) electrons. The van der Waals surface area contributed by atoms with Gasteiger partial charge in [-0.1, -0.05) is 22.0 Å². The van der Waals surface area contributed by atoms with Crippen LogP contribution in [-0.4, -0.2) is 23.4 Å². The van der Waals surface area contributed by atoms with Crippen LogP contribution in [0, 0.1) is 17.2 Å². The van der Waals surface area contributed by atoms with E-state index in [1.807, 2.05) is 23.1 Å². The average molecular weight is 346 g/mol. The lowest BCUT2D eigenvalue weighted by atomic mass is 9.83. The van der Waals surface area contributed by atoms with Crippen molar-refractivity contribution in [1.82, 2.24) is 4.90 Å². The fourth-order valence-corrected chi connectivity index (χ4v) is 3.86. The number of hydrogen-bond acceptors (Lipinski definition) is 3. The molecule has 108 valence electrons. The third-order valence-electron chi connectivity index (χ3n) is 4.34. The second-order valence-electron chi connectivity index (χ2n) is 5.50. The molecule has 1 aromatic carbocycles. The van der Waals surface area contributed by atoms with Gasteiger partial charge in [-0.2, -0.15) is 5.26 Å². The molecule has 5 heteroatoms. The highest BCUT2D eigenvalue weighted by molar-refractivity contribution is 9.10. The highest BCUT2D eigenvalue weighted by atomic mass is 79.9. The quantitative estimate of drug-likeness (QED) is 0.795. The Balaban J connectivity index is 2.06. The normalized spacial score (nSPS) is 26.9. The number of nitriles is 1. The molecule has 2 aliphatic heterocycles. The van der Waals surface area contributed by atoms with E-state index < -0.39 is 0 Å². The standard InChI is InChI=1S/C16H16BrN3O/c1-10(21)20-8-6-12-14(3-2-7-18)19-15-5-4-11(17)9-13(15)16(12)20/h2-5,9,12,14,16,19H,6,8H2,1H3/b3-2+/t12-,14+,16-/m0/s1. The second kappa shape index (κ2) is 5.53. The van der Waals surface area contributed by atoms with Crippen LogP contribution in [0.4, 0.5) is 5.69 Å². The summed E-state index contributed by atoms with van der Waals surface area (Å²) >= 11 is 3.51. The topological polar surface area (TPSA) is 56.1 Å². The first-order valence-electron chi connectivity index (χ1n) is 7.01. The number of benzene rings is 1. The minimum atomic E-state index is 0.0876. The molecule has 3 rings (SSSR count). The van der Waals surface area contributed by atoms with Crippen LogP contribution in [0.25, 0.3) is 0 Å². The molecule has 1 amide bonds. The summed E-state index contributed by atoms with van der Waals surface area (Å²) < 4.78 is 1.02. The molecule has 2 heterocycles. The highest BCUT2D eigenvalue weighted by Gasteiger charge is 2.44. The van der Waals surface area contributed by atoms with Crippen molar-refractivity contribution in [2.75, 3.05) is 11.9 Å². The molecule has 2 aliphatic rings. The first kappa shape index (κ1) is 14.2. The van der Waals surface area contributed by atoms with Crippen molar-refractivity contribution in [2.45, 2.75) is 25.4 Å². The van der Waals surface area contributed by atoms with E-state index in [2.05, 4.69) is 33.4 Å². The Bertz CT molecular complexity index is 649. The van der Waals surface area contributed by atoms with Crippen LogP contribution >= 0.6 is 15.9 Å². The van der Waals surface area contributed by atoms with Crippen LogP contribution in [0.3, 0.4) is 0 Å². The summed E-state index contributed by atoms with van der Waals surface area (Å²) in [6, 6.07) is 8.34. The van der Waals surface area contributed by atoms with E-state index in [1.54, 1.807) is 6.92 Å². The molecule has 0 saturated carbocycles. The number of nitrogens with one attached hydrogen (secondary N) is 1. The Labute approximate surface area is 132 Å². The molecule has 1 fully saturated rings. The van der Waals surface area contributed by atoms with Crippen molar-refractivity contribution >= 4 is 27.5 Å². The molecule has 21 heavy (non-hydrogen) atoms. The van der Waals surface area contributed by atoms with Crippen molar-refractivity contribution in [3.05, 3.63) is 40.4 Å². The number of rotatable bonds is 1. The predicted octanol–water partition coefficient (Wildman–Crippen LogP) is 3.23. The zero-order valence-corrected chi connectivity index (χ0v) is 13.3. The maximum atomic E-state index is 11.9. The third kappa shape index (κ3) is 2.44. The lowest BCUT2D eigenvalue weighted by Gasteiger charge is -2.38. The first-order chi connectivity index (χ1) is 10.1. The molecule has 0 aromatic heterocycles. The number of anilines is 1. The van der Waals surface area contributed by atoms with Gasteiger partial charge in [0.1, 0.15) is 0 Å². The van der Waals surface area contributed by atoms with Gasteiger partial charge in [0, 0.05) is 35.6 Å². The Morgan fingerprint density at radius 2 is 2.38 bits per heavy atom. The summed E-state index contributed by atoms with van der Waals surface area (Å²) in [6.07, 6.45) is 4.38. The van der Waals surface area contributed by atoms with Gasteiger partial charge in [0.25, 0.3) is 0 Å². The minimum Gasteiger partial charge on any atom is -0.378 e. The van der Waals surface area contributed by atoms with E-state index in [9.17, 15) is 4.79 Å². The summed E-state index contributed by atoms with van der Waals surface area (Å²) in [5.74, 6) is 0.415. The summed E-state index contributed by atoms with van der Waals surface area (Å²) in [5, 5.41) is 12.3. The van der Waals surface area contributed by atoms with Gasteiger partial charge in [-0.15, -0.1) is 0 Å². The molecular weight excluding hydrogens is 330 g/mol. The Kier molecular flexibility index (Phi) is 3.73. The zero-order chi connectivity index (χ0) is 15.0. The number of carbonyl (C=O) groups is 1. The van der Waals surface area contributed by atoms with Gasteiger partial charge in [-0.05, 0) is 30.2 Å². The molecule has 1 saturated heterocycles. The van der Waals surface area contributed by atoms with Crippen LogP contribution in [0.1, 0.15) is 24.9 Å². The minimum absolute atomic E-state index is 0.0876. The summed E-state index contributed by atoms with van der Waals surface area (Å²) in [5.41, 5.74) is 2.20. The lowest BCUT2D eigenvalue weighted by molar-refractivity contribution is -0.130. The molecule has 1 aromatic rings. The molecule has 0 spiro atoms. The number of amides is 1. The summed E-state index contributed by atoms with van der Waals surface area (Å²) in [6.45, 7) is 2.40. The number of hydrogen-bond donors (Lipinski definition) is 1. The number of nitrogens with zero attached hydrogens (tertiary/aromatic N) is 2. The molecule has 4 nitrogen and oxygen atoms in total. The summed E-state index contributed by atoms with van der Waals surface area (Å²) in [7, 11) is 0. The fraction of sp³-hybridized carbons (Fsp3) is 0.375. The van der Waals surface area contributed by atoms with E-state index in [1.165, 1.54) is 6.08 Å². The van der Waals surface area contributed by atoms with E-state index in [-0.39, 0.29) is 18.0 Å². The number of carbonyl (C=O) groups excluding carboxylic acids is 1. The molecule has 0 unspecified atom stereocenters.